The molecule has 3 rings (SSSR count). The molecule has 1 aliphatic rings. The normalized spacial score (nSPS) is 15.1. The zero-order valence-electron chi connectivity index (χ0n) is 13.0. The Hall–Kier alpha value is -2.31. The second-order valence-corrected chi connectivity index (χ2v) is 5.77. The van der Waals surface area contributed by atoms with Crippen molar-refractivity contribution in [3.05, 3.63) is 32.5 Å². The molecule has 7 heteroatoms. The standard InChI is InChI=1S/C15H21N5O2/c1-19-12-11(13(21)20(2)15(19)22)17-14(18-12)16-9-8-10-6-4-3-5-7-10/h6H,3-5,7-9H2,1-2H3,(H2,16,17,18). The Morgan fingerprint density at radius 1 is 1.27 bits per heavy atom. The zero-order valence-corrected chi connectivity index (χ0v) is 13.0. The minimum absolute atomic E-state index is 0.351. The van der Waals surface area contributed by atoms with Gasteiger partial charge in [-0.25, -0.2) is 4.79 Å². The van der Waals surface area contributed by atoms with Crippen molar-refractivity contribution in [1.29, 1.82) is 0 Å². The van der Waals surface area contributed by atoms with Crippen molar-refractivity contribution in [2.24, 2.45) is 14.1 Å². The van der Waals surface area contributed by atoms with E-state index in [0.29, 0.717) is 17.1 Å². The van der Waals surface area contributed by atoms with Crippen LogP contribution in [0.5, 0.6) is 0 Å². The number of hydrogen-bond acceptors (Lipinski definition) is 4. The Balaban J connectivity index is 1.79. The van der Waals surface area contributed by atoms with E-state index in [-0.39, 0.29) is 11.2 Å². The average molecular weight is 303 g/mol. The van der Waals surface area contributed by atoms with Gasteiger partial charge in [-0.3, -0.25) is 13.9 Å². The van der Waals surface area contributed by atoms with Crippen LogP contribution in [0.25, 0.3) is 11.2 Å². The maximum absolute atomic E-state index is 12.1. The van der Waals surface area contributed by atoms with Gasteiger partial charge in [-0.1, -0.05) is 11.6 Å². The summed E-state index contributed by atoms with van der Waals surface area (Å²) in [7, 11) is 3.08. The van der Waals surface area contributed by atoms with Crippen LogP contribution in [-0.2, 0) is 14.1 Å². The molecular formula is C15H21N5O2. The Bertz CT molecular complexity index is 840. The molecule has 2 N–H and O–H groups in total. The van der Waals surface area contributed by atoms with Crippen LogP contribution in [0.1, 0.15) is 32.1 Å². The quantitative estimate of drug-likeness (QED) is 0.833. The first-order valence-corrected chi connectivity index (χ1v) is 7.65. The summed E-state index contributed by atoms with van der Waals surface area (Å²) in [5.74, 6) is 0.532. The van der Waals surface area contributed by atoms with Crippen LogP contribution in [0.2, 0.25) is 0 Å². The molecule has 0 spiro atoms. The monoisotopic (exact) mass is 303 g/mol. The molecule has 0 fully saturated rings. The summed E-state index contributed by atoms with van der Waals surface area (Å²) in [5, 5.41) is 3.20. The van der Waals surface area contributed by atoms with Crippen molar-refractivity contribution in [3.63, 3.8) is 0 Å². The summed E-state index contributed by atoms with van der Waals surface area (Å²) < 4.78 is 2.46. The van der Waals surface area contributed by atoms with Gasteiger partial charge in [0.1, 0.15) is 0 Å². The Morgan fingerprint density at radius 2 is 2.09 bits per heavy atom. The summed E-state index contributed by atoms with van der Waals surface area (Å²) in [4.78, 5) is 31.3. The fourth-order valence-corrected chi connectivity index (χ4v) is 2.88. The van der Waals surface area contributed by atoms with Gasteiger partial charge in [-0.2, -0.15) is 4.98 Å². The molecule has 22 heavy (non-hydrogen) atoms. The van der Waals surface area contributed by atoms with Gasteiger partial charge in [0.2, 0.25) is 5.95 Å². The number of fused-ring (bicyclic) bond motifs is 1. The molecule has 1 aliphatic carbocycles. The lowest BCUT2D eigenvalue weighted by Gasteiger charge is -2.12. The highest BCUT2D eigenvalue weighted by molar-refractivity contribution is 5.72. The summed E-state index contributed by atoms with van der Waals surface area (Å²) in [6.07, 6.45) is 8.22. The summed E-state index contributed by atoms with van der Waals surface area (Å²) in [6.45, 7) is 0.764. The number of rotatable bonds is 4. The van der Waals surface area contributed by atoms with E-state index < -0.39 is 0 Å². The second kappa shape index (κ2) is 5.82. The second-order valence-electron chi connectivity index (χ2n) is 5.77. The first kappa shape index (κ1) is 14.6. The molecular weight excluding hydrogens is 282 g/mol. The number of hydrogen-bond donors (Lipinski definition) is 2. The van der Waals surface area contributed by atoms with Crippen LogP contribution >= 0.6 is 0 Å². The van der Waals surface area contributed by atoms with E-state index in [4.69, 9.17) is 0 Å². The van der Waals surface area contributed by atoms with Crippen molar-refractivity contribution < 1.29 is 0 Å². The fourth-order valence-electron chi connectivity index (χ4n) is 2.88. The molecule has 0 radical (unpaired) electrons. The van der Waals surface area contributed by atoms with Crippen molar-refractivity contribution in [2.75, 3.05) is 11.9 Å². The summed E-state index contributed by atoms with van der Waals surface area (Å²) >= 11 is 0. The smallest absolute Gasteiger partial charge is 0.332 e. The number of nitrogens with one attached hydrogen (secondary N) is 2. The third kappa shape index (κ3) is 2.58. The van der Waals surface area contributed by atoms with E-state index >= 15 is 0 Å². The van der Waals surface area contributed by atoms with E-state index in [1.165, 1.54) is 42.9 Å². The molecule has 2 aromatic rings. The summed E-state index contributed by atoms with van der Waals surface area (Å²) in [5.41, 5.74) is 1.49. The number of allylic oxidation sites excluding steroid dienone is 1. The molecule has 0 atom stereocenters. The zero-order chi connectivity index (χ0) is 15.7. The van der Waals surface area contributed by atoms with Crippen molar-refractivity contribution >= 4 is 17.1 Å². The topological polar surface area (TPSA) is 84.7 Å². The summed E-state index contributed by atoms with van der Waals surface area (Å²) in [6, 6.07) is 0. The van der Waals surface area contributed by atoms with Gasteiger partial charge in [-0.05, 0) is 32.1 Å². The lowest BCUT2D eigenvalue weighted by Crippen LogP contribution is -2.36. The molecule has 0 unspecified atom stereocenters. The van der Waals surface area contributed by atoms with Gasteiger partial charge in [0, 0.05) is 20.6 Å². The lowest BCUT2D eigenvalue weighted by atomic mass is 9.97. The molecule has 0 aliphatic heterocycles. The number of aryl methyl sites for hydroxylation is 1. The molecule has 0 bridgehead atoms. The first-order valence-electron chi connectivity index (χ1n) is 7.65. The van der Waals surface area contributed by atoms with E-state index in [0.717, 1.165) is 17.5 Å². The van der Waals surface area contributed by atoms with Gasteiger partial charge in [0.15, 0.2) is 11.2 Å². The molecule has 0 saturated carbocycles. The van der Waals surface area contributed by atoms with Crippen molar-refractivity contribution in [3.8, 4) is 0 Å². The predicted octanol–water partition coefficient (Wildman–Crippen LogP) is 1.26. The van der Waals surface area contributed by atoms with Gasteiger partial charge in [-0.15, -0.1) is 0 Å². The molecule has 0 aromatic carbocycles. The number of aromatic amines is 1. The number of imidazole rings is 1. The van der Waals surface area contributed by atoms with E-state index in [1.807, 2.05) is 0 Å². The van der Waals surface area contributed by atoms with E-state index in [9.17, 15) is 9.59 Å². The highest BCUT2D eigenvalue weighted by Crippen LogP contribution is 2.20. The molecule has 0 amide bonds. The van der Waals surface area contributed by atoms with E-state index in [2.05, 4.69) is 21.4 Å². The molecule has 118 valence electrons. The number of nitrogens with zero attached hydrogens (tertiary/aromatic N) is 3. The Morgan fingerprint density at radius 3 is 2.82 bits per heavy atom. The minimum atomic E-state index is -0.372. The van der Waals surface area contributed by atoms with Gasteiger partial charge in [0.25, 0.3) is 5.56 Å². The van der Waals surface area contributed by atoms with Crippen LogP contribution in [0.15, 0.2) is 21.2 Å². The average Bonchev–Trinajstić information content (AvgIpc) is 2.96. The highest BCUT2D eigenvalue weighted by atomic mass is 16.2. The fraction of sp³-hybridized carbons (Fsp3) is 0.533. The number of H-pyrrole nitrogens is 1. The van der Waals surface area contributed by atoms with Crippen LogP contribution in [0.3, 0.4) is 0 Å². The van der Waals surface area contributed by atoms with Gasteiger partial charge >= 0.3 is 5.69 Å². The maximum atomic E-state index is 12.1. The van der Waals surface area contributed by atoms with Crippen LogP contribution in [0.4, 0.5) is 5.95 Å². The molecule has 2 heterocycles. The Kier molecular flexibility index (Phi) is 3.87. The molecule has 0 saturated heterocycles. The van der Waals surface area contributed by atoms with Crippen LogP contribution in [-0.4, -0.2) is 25.6 Å². The highest BCUT2D eigenvalue weighted by Gasteiger charge is 2.13. The third-order valence-corrected chi connectivity index (χ3v) is 4.22. The molecule has 2 aromatic heterocycles. The number of anilines is 1. The molecule has 7 nitrogen and oxygen atoms in total. The van der Waals surface area contributed by atoms with Crippen LogP contribution in [0, 0.1) is 0 Å². The van der Waals surface area contributed by atoms with Crippen molar-refractivity contribution in [1.82, 2.24) is 19.1 Å². The van der Waals surface area contributed by atoms with Gasteiger partial charge in [0.05, 0.1) is 0 Å². The number of aromatic nitrogens is 4. The first-order chi connectivity index (χ1) is 10.6. The third-order valence-electron chi connectivity index (χ3n) is 4.22. The van der Waals surface area contributed by atoms with Crippen LogP contribution < -0.4 is 16.6 Å². The Labute approximate surface area is 127 Å². The van der Waals surface area contributed by atoms with Gasteiger partial charge < -0.3 is 10.3 Å². The van der Waals surface area contributed by atoms with Crippen molar-refractivity contribution in [2.45, 2.75) is 32.1 Å². The SMILES string of the molecule is Cn1c(=O)c2[nH]c(NCCC3=CCCCC3)nc2n(C)c1=O. The van der Waals surface area contributed by atoms with E-state index in [1.54, 1.807) is 7.05 Å². The minimum Gasteiger partial charge on any atom is -0.355 e. The predicted molar refractivity (Wildman–Crippen MR) is 86.2 cm³/mol. The lowest BCUT2D eigenvalue weighted by molar-refractivity contribution is 0.679. The largest absolute Gasteiger partial charge is 0.355 e. The maximum Gasteiger partial charge on any atom is 0.332 e.